The van der Waals surface area contributed by atoms with Crippen LogP contribution in [-0.4, -0.2) is 80.9 Å². The quantitative estimate of drug-likeness (QED) is 0.0288. The Balaban J connectivity index is 4.02. The van der Waals surface area contributed by atoms with Crippen molar-refractivity contribution in [3.8, 4) is 0 Å². The minimum Gasteiger partial charge on any atom is -0.466 e. The molecule has 0 fully saturated rings. The van der Waals surface area contributed by atoms with E-state index in [0.717, 1.165) is 135 Å². The van der Waals surface area contributed by atoms with Gasteiger partial charge in [0.15, 0.2) is 6.29 Å². The van der Waals surface area contributed by atoms with Crippen LogP contribution in [0, 0.1) is 0 Å². The molecule has 0 aromatic rings. The minimum absolute atomic E-state index is 0.0804. The molecule has 0 amide bonds. The fourth-order valence-electron chi connectivity index (χ4n) is 5.71. The van der Waals surface area contributed by atoms with E-state index in [2.05, 4.69) is 62.1 Å². The number of unbranched alkanes of at least 4 members (excludes halogenated alkanes) is 13. The summed E-state index contributed by atoms with van der Waals surface area (Å²) in [5.41, 5.74) is 0. The Kier molecular flexibility index (Phi) is 40.1. The Bertz CT molecular complexity index is 836. The number of carbonyl (C=O) groups excluding carboxylic acids is 2. The number of allylic oxidation sites excluding steroid dienone is 5. The van der Waals surface area contributed by atoms with Crippen LogP contribution in [-0.2, 0) is 28.5 Å². The molecule has 0 aliphatic rings. The zero-order valence-corrected chi connectivity index (χ0v) is 34.0. The molecule has 0 heterocycles. The summed E-state index contributed by atoms with van der Waals surface area (Å²) in [5, 5.41) is 9.51. The number of nitrogens with zero attached hydrogens (tertiary/aromatic N) is 1. The lowest BCUT2D eigenvalue weighted by molar-refractivity contribution is -0.159. The SMILES string of the molecule is CC/C=C\CCCCOC(CCC(=O)OCCCCCCN(CCO)CCCCCCCC(=O)OCC/C=C\CCCC)OCCCC/C=C\CC. The summed E-state index contributed by atoms with van der Waals surface area (Å²) in [4.78, 5) is 26.7. The molecule has 0 atom stereocenters. The standard InChI is InChI=1S/C44H81NO7/c1-4-7-10-13-20-27-38-49-42(47)31-24-17-16-18-25-34-45(36-37-46)35-26-19-23-28-39-50-43(48)32-33-44(51-40-29-21-14-11-8-5-2)52-41-30-22-15-12-9-6-3/h8-9,11-13,20,44,46H,4-7,10,14-19,21-41H2,1-3H3/b11-8-,12-9-,20-13-. The van der Waals surface area contributed by atoms with Gasteiger partial charge in [0.2, 0.25) is 0 Å². The predicted octanol–water partition coefficient (Wildman–Crippen LogP) is 10.8. The Labute approximate surface area is 320 Å². The van der Waals surface area contributed by atoms with Crippen molar-refractivity contribution < 1.29 is 33.6 Å². The lowest BCUT2D eigenvalue weighted by Crippen LogP contribution is -2.29. The van der Waals surface area contributed by atoms with Gasteiger partial charge >= 0.3 is 11.9 Å². The molecule has 0 radical (unpaired) electrons. The molecule has 0 bridgehead atoms. The van der Waals surface area contributed by atoms with E-state index in [1.807, 2.05) is 0 Å². The van der Waals surface area contributed by atoms with Crippen LogP contribution in [0.5, 0.6) is 0 Å². The van der Waals surface area contributed by atoms with E-state index in [4.69, 9.17) is 18.9 Å². The molecule has 0 aromatic heterocycles. The second-order valence-corrected chi connectivity index (χ2v) is 13.8. The van der Waals surface area contributed by atoms with Gasteiger partial charge in [-0.3, -0.25) is 9.59 Å². The van der Waals surface area contributed by atoms with Gasteiger partial charge in [-0.25, -0.2) is 0 Å². The van der Waals surface area contributed by atoms with E-state index < -0.39 is 0 Å². The molecule has 1 N–H and O–H groups in total. The molecule has 0 unspecified atom stereocenters. The first-order chi connectivity index (χ1) is 25.6. The van der Waals surface area contributed by atoms with Gasteiger partial charge in [0.25, 0.3) is 0 Å². The summed E-state index contributed by atoms with van der Waals surface area (Å²) in [7, 11) is 0. The number of hydrogen-bond donors (Lipinski definition) is 1. The molecular formula is C44H81NO7. The summed E-state index contributed by atoms with van der Waals surface area (Å²) < 4.78 is 22.9. The molecule has 8 nitrogen and oxygen atoms in total. The van der Waals surface area contributed by atoms with Crippen LogP contribution in [0.4, 0.5) is 0 Å². The summed E-state index contributed by atoms with van der Waals surface area (Å²) >= 11 is 0. The highest BCUT2D eigenvalue weighted by atomic mass is 16.7. The average Bonchev–Trinajstić information content (AvgIpc) is 3.14. The van der Waals surface area contributed by atoms with Crippen LogP contribution < -0.4 is 0 Å². The van der Waals surface area contributed by atoms with Gasteiger partial charge in [0, 0.05) is 32.6 Å². The van der Waals surface area contributed by atoms with Gasteiger partial charge in [-0.15, -0.1) is 0 Å². The van der Waals surface area contributed by atoms with Crippen molar-refractivity contribution in [3.05, 3.63) is 36.5 Å². The van der Waals surface area contributed by atoms with E-state index >= 15 is 0 Å². The van der Waals surface area contributed by atoms with Crippen LogP contribution in [0.1, 0.15) is 175 Å². The van der Waals surface area contributed by atoms with E-state index in [1.54, 1.807) is 0 Å². The predicted molar refractivity (Wildman–Crippen MR) is 216 cm³/mol. The topological polar surface area (TPSA) is 94.5 Å². The second kappa shape index (κ2) is 41.8. The molecule has 0 aliphatic heterocycles. The van der Waals surface area contributed by atoms with Gasteiger partial charge in [-0.1, -0.05) is 102 Å². The van der Waals surface area contributed by atoms with Gasteiger partial charge in [0.05, 0.1) is 26.2 Å². The number of hydrogen-bond acceptors (Lipinski definition) is 8. The first kappa shape index (κ1) is 50.0. The Morgan fingerprint density at radius 3 is 1.63 bits per heavy atom. The van der Waals surface area contributed by atoms with Gasteiger partial charge in [-0.05, 0) is 103 Å². The largest absolute Gasteiger partial charge is 0.466 e. The maximum absolute atomic E-state index is 12.4. The normalized spacial score (nSPS) is 12.0. The van der Waals surface area contributed by atoms with Crippen molar-refractivity contribution in [1.29, 1.82) is 0 Å². The Morgan fingerprint density at radius 2 is 1.02 bits per heavy atom. The number of rotatable bonds is 40. The maximum atomic E-state index is 12.4. The average molecular weight is 736 g/mol. The molecule has 0 rings (SSSR count). The lowest BCUT2D eigenvalue weighted by atomic mass is 10.1. The van der Waals surface area contributed by atoms with E-state index in [9.17, 15) is 14.7 Å². The second-order valence-electron chi connectivity index (χ2n) is 13.8. The monoisotopic (exact) mass is 736 g/mol. The van der Waals surface area contributed by atoms with Crippen LogP contribution in [0.15, 0.2) is 36.5 Å². The van der Waals surface area contributed by atoms with Gasteiger partial charge in [0.1, 0.15) is 0 Å². The van der Waals surface area contributed by atoms with Crippen molar-refractivity contribution in [2.24, 2.45) is 0 Å². The first-order valence-corrected chi connectivity index (χ1v) is 21.4. The highest BCUT2D eigenvalue weighted by molar-refractivity contribution is 5.69. The highest BCUT2D eigenvalue weighted by Crippen LogP contribution is 2.12. The molecule has 8 heteroatoms. The highest BCUT2D eigenvalue weighted by Gasteiger charge is 2.13. The maximum Gasteiger partial charge on any atom is 0.305 e. The Hall–Kier alpha value is -2.00. The van der Waals surface area contributed by atoms with Crippen molar-refractivity contribution in [1.82, 2.24) is 4.90 Å². The van der Waals surface area contributed by atoms with Crippen molar-refractivity contribution in [2.45, 2.75) is 181 Å². The summed E-state index contributed by atoms with van der Waals surface area (Å²) in [6.07, 6.45) is 36.2. The third-order valence-corrected chi connectivity index (χ3v) is 8.87. The molecule has 0 spiro atoms. The molecule has 0 aliphatic carbocycles. The molecule has 304 valence electrons. The van der Waals surface area contributed by atoms with E-state index in [0.29, 0.717) is 52.2 Å². The van der Waals surface area contributed by atoms with E-state index in [1.165, 1.54) is 12.8 Å². The fraction of sp³-hybridized carbons (Fsp3) is 0.818. The molecular weight excluding hydrogens is 654 g/mol. The number of ether oxygens (including phenoxy) is 4. The Morgan fingerprint density at radius 1 is 0.519 bits per heavy atom. The number of aliphatic hydroxyl groups excluding tert-OH is 1. The lowest BCUT2D eigenvalue weighted by Gasteiger charge is -2.21. The van der Waals surface area contributed by atoms with Crippen LogP contribution in [0.2, 0.25) is 0 Å². The molecule has 0 saturated heterocycles. The van der Waals surface area contributed by atoms with Crippen LogP contribution in [0.3, 0.4) is 0 Å². The van der Waals surface area contributed by atoms with Crippen molar-refractivity contribution >= 4 is 11.9 Å². The van der Waals surface area contributed by atoms with Crippen LogP contribution in [0.25, 0.3) is 0 Å². The van der Waals surface area contributed by atoms with Crippen molar-refractivity contribution in [2.75, 3.05) is 52.7 Å². The number of aliphatic hydroxyl groups is 1. The third kappa shape index (κ3) is 37.7. The van der Waals surface area contributed by atoms with Crippen molar-refractivity contribution in [3.63, 3.8) is 0 Å². The zero-order chi connectivity index (χ0) is 38.0. The van der Waals surface area contributed by atoms with E-state index in [-0.39, 0.29) is 24.8 Å². The van der Waals surface area contributed by atoms with Crippen LogP contribution >= 0.6 is 0 Å². The summed E-state index contributed by atoms with van der Waals surface area (Å²) in [6.45, 7) is 11.6. The first-order valence-electron chi connectivity index (χ1n) is 21.4. The van der Waals surface area contributed by atoms with Gasteiger partial charge in [-0.2, -0.15) is 0 Å². The number of esters is 2. The minimum atomic E-state index is -0.361. The summed E-state index contributed by atoms with van der Waals surface area (Å²) in [6, 6.07) is 0. The number of carbonyl (C=O) groups is 2. The smallest absolute Gasteiger partial charge is 0.305 e. The fourth-order valence-corrected chi connectivity index (χ4v) is 5.71. The molecule has 0 aromatic carbocycles. The zero-order valence-electron chi connectivity index (χ0n) is 34.0. The van der Waals surface area contributed by atoms with Gasteiger partial charge < -0.3 is 29.0 Å². The molecule has 52 heavy (non-hydrogen) atoms. The third-order valence-electron chi connectivity index (χ3n) is 8.87. The molecule has 0 saturated carbocycles. The summed E-state index contributed by atoms with van der Waals surface area (Å²) in [5.74, 6) is -0.259.